The average Bonchev–Trinajstić information content (AvgIpc) is 2.85. The van der Waals surface area contributed by atoms with Crippen LogP contribution in [0.15, 0.2) is 41.2 Å². The summed E-state index contributed by atoms with van der Waals surface area (Å²) in [4.78, 5) is 37.3. The summed E-state index contributed by atoms with van der Waals surface area (Å²) in [6, 6.07) is 10.7. The van der Waals surface area contributed by atoms with Crippen molar-refractivity contribution in [3.05, 3.63) is 75.1 Å². The summed E-state index contributed by atoms with van der Waals surface area (Å²) >= 11 is 0. The van der Waals surface area contributed by atoms with Crippen molar-refractivity contribution in [1.82, 2.24) is 14.5 Å². The van der Waals surface area contributed by atoms with E-state index in [-0.39, 0.29) is 29.2 Å². The standard InChI is InChI=1S/C25H23FN6O2/c1-15-14-32(12-11-19(15)30(3)24(33)16-5-7-17(26)8-6-16)23-18(13-27)25(34)31(4)20-9-10-21(28-2)29-22(20)23/h5-10,15,19H,11-12,14H2,1,3-4H3. The third-order valence-electron chi connectivity index (χ3n) is 6.51. The van der Waals surface area contributed by atoms with Crippen molar-refractivity contribution in [2.24, 2.45) is 13.0 Å². The Morgan fingerprint density at radius 2 is 2.00 bits per heavy atom. The molecule has 0 bridgehead atoms. The Morgan fingerprint density at radius 1 is 1.29 bits per heavy atom. The van der Waals surface area contributed by atoms with Gasteiger partial charge in [-0.3, -0.25) is 9.59 Å². The van der Waals surface area contributed by atoms with E-state index in [2.05, 4.69) is 9.83 Å². The number of aromatic nitrogens is 2. The van der Waals surface area contributed by atoms with Crippen molar-refractivity contribution in [1.29, 1.82) is 5.26 Å². The quantitative estimate of drug-likeness (QED) is 0.561. The molecule has 1 fully saturated rings. The first kappa shape index (κ1) is 22.9. The molecule has 2 unspecified atom stereocenters. The molecular weight excluding hydrogens is 435 g/mol. The second kappa shape index (κ2) is 8.95. The number of nitriles is 1. The minimum atomic E-state index is -0.416. The van der Waals surface area contributed by atoms with Gasteiger partial charge in [0.1, 0.15) is 23.1 Å². The van der Waals surface area contributed by atoms with Crippen molar-refractivity contribution in [2.75, 3.05) is 25.0 Å². The van der Waals surface area contributed by atoms with Gasteiger partial charge in [-0.1, -0.05) is 13.5 Å². The lowest BCUT2D eigenvalue weighted by molar-refractivity contribution is 0.0656. The number of fused-ring (bicyclic) bond motifs is 1. The molecule has 9 heteroatoms. The molecule has 0 saturated carbocycles. The van der Waals surface area contributed by atoms with Crippen LogP contribution in [0.2, 0.25) is 0 Å². The lowest BCUT2D eigenvalue weighted by Gasteiger charge is -2.42. The second-order valence-electron chi connectivity index (χ2n) is 8.55. The fraction of sp³-hybridized carbons (Fsp3) is 0.320. The first-order valence-corrected chi connectivity index (χ1v) is 10.9. The molecule has 3 aromatic rings. The number of halogens is 1. The monoisotopic (exact) mass is 458 g/mol. The highest BCUT2D eigenvalue weighted by Crippen LogP contribution is 2.33. The molecule has 1 aromatic carbocycles. The van der Waals surface area contributed by atoms with E-state index in [1.807, 2.05) is 17.9 Å². The van der Waals surface area contributed by atoms with Crippen LogP contribution in [0.1, 0.15) is 29.3 Å². The molecule has 1 aliphatic rings. The molecule has 3 heterocycles. The van der Waals surface area contributed by atoms with Crippen LogP contribution in [-0.4, -0.2) is 46.5 Å². The molecule has 34 heavy (non-hydrogen) atoms. The van der Waals surface area contributed by atoms with E-state index < -0.39 is 11.4 Å². The van der Waals surface area contributed by atoms with E-state index >= 15 is 0 Å². The summed E-state index contributed by atoms with van der Waals surface area (Å²) in [6.07, 6.45) is 0.606. The Bertz CT molecular complexity index is 1420. The first-order chi connectivity index (χ1) is 16.3. The molecule has 1 saturated heterocycles. The minimum Gasteiger partial charge on any atom is -0.366 e. The highest BCUT2D eigenvalue weighted by molar-refractivity contribution is 5.94. The van der Waals surface area contributed by atoms with Gasteiger partial charge in [-0.2, -0.15) is 5.26 Å². The van der Waals surface area contributed by atoms with E-state index in [1.54, 1.807) is 31.1 Å². The van der Waals surface area contributed by atoms with Gasteiger partial charge in [0, 0.05) is 38.8 Å². The summed E-state index contributed by atoms with van der Waals surface area (Å²) in [5, 5.41) is 9.81. The van der Waals surface area contributed by atoms with Crippen molar-refractivity contribution < 1.29 is 9.18 Å². The Hall–Kier alpha value is -4.24. The average molecular weight is 458 g/mol. The molecule has 0 radical (unpaired) electrons. The van der Waals surface area contributed by atoms with Crippen molar-refractivity contribution in [2.45, 2.75) is 19.4 Å². The zero-order chi connectivity index (χ0) is 24.6. The van der Waals surface area contributed by atoms with Gasteiger partial charge < -0.3 is 19.2 Å². The third-order valence-corrected chi connectivity index (χ3v) is 6.51. The van der Waals surface area contributed by atoms with Crippen LogP contribution >= 0.6 is 0 Å². The molecular formula is C25H23FN6O2. The van der Waals surface area contributed by atoms with Gasteiger partial charge in [0.15, 0.2) is 0 Å². The lowest BCUT2D eigenvalue weighted by Crippen LogP contribution is -2.51. The number of rotatable bonds is 3. The summed E-state index contributed by atoms with van der Waals surface area (Å²) in [7, 11) is 3.32. The van der Waals surface area contributed by atoms with Crippen LogP contribution in [0.5, 0.6) is 0 Å². The molecule has 0 N–H and O–H groups in total. The van der Waals surface area contributed by atoms with Gasteiger partial charge in [0.25, 0.3) is 17.3 Å². The van der Waals surface area contributed by atoms with Gasteiger partial charge in [-0.05, 0) is 48.7 Å². The largest absolute Gasteiger partial charge is 0.366 e. The fourth-order valence-electron chi connectivity index (χ4n) is 4.71. The molecule has 1 aliphatic heterocycles. The topological polar surface area (TPSA) is 86.6 Å². The maximum absolute atomic E-state index is 13.2. The number of hydrogen-bond donors (Lipinski definition) is 0. The number of carbonyl (C=O) groups excluding carboxylic acids is 1. The molecule has 0 aliphatic carbocycles. The first-order valence-electron chi connectivity index (χ1n) is 10.9. The van der Waals surface area contributed by atoms with Crippen LogP contribution in [-0.2, 0) is 7.05 Å². The Morgan fingerprint density at radius 3 is 2.62 bits per heavy atom. The zero-order valence-corrected chi connectivity index (χ0v) is 19.1. The van der Waals surface area contributed by atoms with Gasteiger partial charge in [-0.15, -0.1) is 4.98 Å². The summed E-state index contributed by atoms with van der Waals surface area (Å²) < 4.78 is 14.6. The maximum Gasteiger partial charge on any atom is 0.271 e. The molecule has 4 rings (SSSR count). The smallest absolute Gasteiger partial charge is 0.271 e. The Labute approximate surface area is 196 Å². The van der Waals surface area contributed by atoms with Crippen molar-refractivity contribution in [3.63, 3.8) is 0 Å². The molecule has 172 valence electrons. The van der Waals surface area contributed by atoms with Crippen LogP contribution in [0.4, 0.5) is 15.9 Å². The summed E-state index contributed by atoms with van der Waals surface area (Å²) in [5.41, 5.74) is 1.41. The molecule has 8 nitrogen and oxygen atoms in total. The lowest BCUT2D eigenvalue weighted by atomic mass is 9.91. The van der Waals surface area contributed by atoms with Gasteiger partial charge in [0.2, 0.25) is 5.52 Å². The van der Waals surface area contributed by atoms with Gasteiger partial charge >= 0.3 is 0 Å². The number of piperidine rings is 1. The number of amides is 1. The van der Waals surface area contributed by atoms with Crippen LogP contribution < -0.4 is 10.5 Å². The van der Waals surface area contributed by atoms with Crippen molar-refractivity contribution in [3.8, 4) is 6.07 Å². The second-order valence-corrected chi connectivity index (χ2v) is 8.55. The maximum atomic E-state index is 13.2. The number of aryl methyl sites for hydroxylation is 1. The molecule has 0 spiro atoms. The number of pyridine rings is 2. The van der Waals surface area contributed by atoms with E-state index in [0.29, 0.717) is 41.8 Å². The van der Waals surface area contributed by atoms with Crippen molar-refractivity contribution >= 4 is 28.4 Å². The van der Waals surface area contributed by atoms with E-state index in [1.165, 1.54) is 28.8 Å². The van der Waals surface area contributed by atoms with E-state index in [9.17, 15) is 19.2 Å². The van der Waals surface area contributed by atoms with Crippen LogP contribution in [0.25, 0.3) is 15.9 Å². The molecule has 1 amide bonds. The number of carbonyl (C=O) groups is 1. The van der Waals surface area contributed by atoms with Gasteiger partial charge in [0.05, 0.1) is 5.52 Å². The predicted molar refractivity (Wildman–Crippen MR) is 126 cm³/mol. The van der Waals surface area contributed by atoms with Crippen LogP contribution in [0.3, 0.4) is 0 Å². The predicted octanol–water partition coefficient (Wildman–Crippen LogP) is 3.48. The minimum absolute atomic E-state index is 0.00831. The number of nitrogens with zero attached hydrogens (tertiary/aromatic N) is 6. The normalized spacial score (nSPS) is 17.8. The molecule has 2 atom stereocenters. The Kier molecular flexibility index (Phi) is 6.04. The Balaban J connectivity index is 1.68. The highest BCUT2D eigenvalue weighted by Gasteiger charge is 2.34. The molecule has 2 aromatic heterocycles. The number of hydrogen-bond acceptors (Lipinski definition) is 5. The SMILES string of the molecule is [C-]#[N+]c1ccc2c(n1)c(N1CCC(N(C)C(=O)c3ccc(F)cc3)C(C)C1)c(C#N)c(=O)n2C. The number of anilines is 1. The summed E-state index contributed by atoms with van der Waals surface area (Å²) in [6.45, 7) is 10.3. The van der Waals surface area contributed by atoms with Crippen LogP contribution in [0, 0.1) is 29.6 Å². The van der Waals surface area contributed by atoms with E-state index in [4.69, 9.17) is 6.57 Å². The van der Waals surface area contributed by atoms with E-state index in [0.717, 1.165) is 0 Å². The zero-order valence-electron chi connectivity index (χ0n) is 19.1. The van der Waals surface area contributed by atoms with Gasteiger partial charge in [-0.25, -0.2) is 4.39 Å². The summed E-state index contributed by atoms with van der Waals surface area (Å²) in [5.74, 6) is -0.391. The third kappa shape index (κ3) is 3.86. The number of benzene rings is 1. The highest BCUT2D eigenvalue weighted by atomic mass is 19.1. The fourth-order valence-corrected chi connectivity index (χ4v) is 4.71.